The van der Waals surface area contributed by atoms with Gasteiger partial charge in [-0.1, -0.05) is 0 Å². The molecule has 1 aliphatic rings. The maximum Gasteiger partial charge on any atom is 0.255 e. The largest absolute Gasteiger partial charge is 0.359 e. The first-order valence-corrected chi connectivity index (χ1v) is 8.88. The third kappa shape index (κ3) is 3.69. The van der Waals surface area contributed by atoms with E-state index in [0.717, 1.165) is 50.4 Å². The van der Waals surface area contributed by atoms with Gasteiger partial charge in [0.1, 0.15) is 5.82 Å². The number of carbonyl (C=O) groups excluding carboxylic acids is 1. The molecule has 1 saturated heterocycles. The number of rotatable bonds is 5. The Hall–Kier alpha value is -1.95. The van der Waals surface area contributed by atoms with Gasteiger partial charge in [-0.25, -0.2) is 9.97 Å². The highest BCUT2D eigenvalue weighted by atomic mass is 32.1. The molecule has 0 radical (unpaired) electrons. The fraction of sp³-hybridized carbons (Fsp3) is 0.471. The highest BCUT2D eigenvalue weighted by molar-refractivity contribution is 7.09. The Morgan fingerprint density at radius 2 is 2.09 bits per heavy atom. The number of carbonyl (C=O) groups is 1. The van der Waals surface area contributed by atoms with Gasteiger partial charge >= 0.3 is 0 Å². The molecule has 0 N–H and O–H groups in total. The van der Waals surface area contributed by atoms with Gasteiger partial charge in [-0.05, 0) is 31.9 Å². The summed E-state index contributed by atoms with van der Waals surface area (Å²) >= 11 is 1.70. The number of aryl methyl sites for hydroxylation is 1. The van der Waals surface area contributed by atoms with E-state index in [1.807, 2.05) is 36.5 Å². The van der Waals surface area contributed by atoms with Crippen LogP contribution in [0, 0.1) is 6.92 Å². The van der Waals surface area contributed by atoms with E-state index in [2.05, 4.69) is 14.9 Å². The van der Waals surface area contributed by atoms with Crippen molar-refractivity contribution in [3.8, 4) is 0 Å². The van der Waals surface area contributed by atoms with E-state index in [0.29, 0.717) is 5.56 Å². The third-order valence-corrected chi connectivity index (χ3v) is 5.29. The third-order valence-electron chi connectivity index (χ3n) is 4.30. The van der Waals surface area contributed by atoms with E-state index in [4.69, 9.17) is 0 Å². The van der Waals surface area contributed by atoms with Gasteiger partial charge in [0.15, 0.2) is 0 Å². The molecule has 0 aromatic carbocycles. The molecule has 122 valence electrons. The molecule has 23 heavy (non-hydrogen) atoms. The lowest BCUT2D eigenvalue weighted by molar-refractivity contribution is 0.0792. The van der Waals surface area contributed by atoms with Crippen LogP contribution in [-0.4, -0.2) is 47.5 Å². The van der Waals surface area contributed by atoms with E-state index < -0.39 is 0 Å². The minimum atomic E-state index is 0.101. The Morgan fingerprint density at radius 1 is 1.30 bits per heavy atom. The first-order chi connectivity index (χ1) is 11.1. The summed E-state index contributed by atoms with van der Waals surface area (Å²) in [6.45, 7) is 4.67. The van der Waals surface area contributed by atoms with Crippen LogP contribution in [0.2, 0.25) is 0 Å². The Morgan fingerprint density at radius 3 is 2.70 bits per heavy atom. The molecule has 3 heterocycles. The molecule has 0 saturated carbocycles. The SMILES string of the molecule is Cc1ncsc1CCN(C)c1ccc(C(=O)N2CCCC2)cn1. The highest BCUT2D eigenvalue weighted by Crippen LogP contribution is 2.17. The molecule has 5 nitrogen and oxygen atoms in total. The molecule has 2 aromatic rings. The van der Waals surface area contributed by atoms with Gasteiger partial charge in [0.2, 0.25) is 0 Å². The highest BCUT2D eigenvalue weighted by Gasteiger charge is 2.19. The number of hydrogen-bond acceptors (Lipinski definition) is 5. The molecule has 0 bridgehead atoms. The number of likely N-dealkylation sites (N-methyl/N-ethyl adjacent to an activating group) is 1. The van der Waals surface area contributed by atoms with E-state index in [1.165, 1.54) is 4.88 Å². The quantitative estimate of drug-likeness (QED) is 0.846. The second kappa shape index (κ2) is 7.08. The van der Waals surface area contributed by atoms with E-state index in [9.17, 15) is 4.79 Å². The molecule has 0 aliphatic carbocycles. The van der Waals surface area contributed by atoms with Gasteiger partial charge in [0, 0.05) is 44.2 Å². The van der Waals surface area contributed by atoms with Crippen molar-refractivity contribution in [1.82, 2.24) is 14.9 Å². The number of likely N-dealkylation sites (tertiary alicyclic amines) is 1. The zero-order valence-corrected chi connectivity index (χ0v) is 14.5. The Balaban J connectivity index is 1.59. The van der Waals surface area contributed by atoms with Crippen molar-refractivity contribution in [2.24, 2.45) is 0 Å². The summed E-state index contributed by atoms with van der Waals surface area (Å²) in [6, 6.07) is 3.82. The van der Waals surface area contributed by atoms with Gasteiger partial charge in [0.05, 0.1) is 16.8 Å². The van der Waals surface area contributed by atoms with Crippen molar-refractivity contribution in [2.75, 3.05) is 31.6 Å². The summed E-state index contributed by atoms with van der Waals surface area (Å²) in [5, 5.41) is 0. The first kappa shape index (κ1) is 15.9. The fourth-order valence-electron chi connectivity index (χ4n) is 2.79. The number of thiazole rings is 1. The van der Waals surface area contributed by atoms with Crippen LogP contribution in [0.5, 0.6) is 0 Å². The van der Waals surface area contributed by atoms with Crippen LogP contribution in [0.25, 0.3) is 0 Å². The smallest absolute Gasteiger partial charge is 0.255 e. The van der Waals surface area contributed by atoms with Gasteiger partial charge < -0.3 is 9.80 Å². The maximum atomic E-state index is 12.3. The Bertz CT molecular complexity index is 661. The Kier molecular flexibility index (Phi) is 4.91. The molecule has 0 spiro atoms. The van der Waals surface area contributed by atoms with Crippen LogP contribution >= 0.6 is 11.3 Å². The molecule has 0 atom stereocenters. The zero-order chi connectivity index (χ0) is 16.2. The van der Waals surface area contributed by atoms with Gasteiger partial charge in [-0.2, -0.15) is 0 Å². The summed E-state index contributed by atoms with van der Waals surface area (Å²) in [5.41, 5.74) is 3.69. The van der Waals surface area contributed by atoms with Gasteiger partial charge in [-0.3, -0.25) is 4.79 Å². The predicted octanol–water partition coefficient (Wildman–Crippen LogP) is 2.76. The van der Waals surface area contributed by atoms with Crippen molar-refractivity contribution in [1.29, 1.82) is 0 Å². The maximum absolute atomic E-state index is 12.3. The lowest BCUT2D eigenvalue weighted by atomic mass is 10.2. The molecule has 3 rings (SSSR count). The molecule has 1 amide bonds. The van der Waals surface area contributed by atoms with Crippen molar-refractivity contribution >= 4 is 23.1 Å². The second-order valence-electron chi connectivity index (χ2n) is 5.94. The van der Waals surface area contributed by atoms with Crippen molar-refractivity contribution in [3.05, 3.63) is 40.0 Å². The predicted molar refractivity (Wildman–Crippen MR) is 93.2 cm³/mol. The summed E-state index contributed by atoms with van der Waals surface area (Å²) in [5.74, 6) is 0.995. The molecule has 0 unspecified atom stereocenters. The normalized spacial score (nSPS) is 14.3. The van der Waals surface area contributed by atoms with Crippen molar-refractivity contribution < 1.29 is 4.79 Å². The van der Waals surface area contributed by atoms with Crippen LogP contribution < -0.4 is 4.90 Å². The standard InChI is InChI=1S/C17H22N4OS/c1-13-15(23-12-19-13)7-10-20(2)16-6-5-14(11-18-16)17(22)21-8-3-4-9-21/h5-6,11-12H,3-4,7-10H2,1-2H3. The summed E-state index contributed by atoms with van der Waals surface area (Å²) in [6.07, 6.45) is 4.88. The van der Waals surface area contributed by atoms with E-state index in [1.54, 1.807) is 17.5 Å². The average molecular weight is 330 g/mol. The van der Waals surface area contributed by atoms with Crippen LogP contribution in [0.15, 0.2) is 23.8 Å². The lowest BCUT2D eigenvalue weighted by Gasteiger charge is -2.19. The zero-order valence-electron chi connectivity index (χ0n) is 13.7. The minimum Gasteiger partial charge on any atom is -0.359 e. The van der Waals surface area contributed by atoms with Crippen LogP contribution in [-0.2, 0) is 6.42 Å². The van der Waals surface area contributed by atoms with Crippen molar-refractivity contribution in [3.63, 3.8) is 0 Å². The number of anilines is 1. The van der Waals surface area contributed by atoms with Gasteiger partial charge in [-0.15, -0.1) is 11.3 Å². The number of amides is 1. The van der Waals surface area contributed by atoms with Gasteiger partial charge in [0.25, 0.3) is 5.91 Å². The molecule has 2 aromatic heterocycles. The topological polar surface area (TPSA) is 49.3 Å². The Labute approximate surface area is 141 Å². The summed E-state index contributed by atoms with van der Waals surface area (Å²) < 4.78 is 0. The average Bonchev–Trinajstić information content (AvgIpc) is 3.24. The van der Waals surface area contributed by atoms with E-state index >= 15 is 0 Å². The number of nitrogens with zero attached hydrogens (tertiary/aromatic N) is 4. The molecular formula is C17H22N4OS. The molecule has 6 heteroatoms. The van der Waals surface area contributed by atoms with Crippen LogP contribution in [0.3, 0.4) is 0 Å². The number of hydrogen-bond donors (Lipinski definition) is 0. The summed E-state index contributed by atoms with van der Waals surface area (Å²) in [7, 11) is 2.03. The van der Waals surface area contributed by atoms with Crippen LogP contribution in [0.1, 0.15) is 33.8 Å². The first-order valence-electron chi connectivity index (χ1n) is 8.00. The molecular weight excluding hydrogens is 308 g/mol. The monoisotopic (exact) mass is 330 g/mol. The fourth-order valence-corrected chi connectivity index (χ4v) is 3.56. The van der Waals surface area contributed by atoms with Crippen molar-refractivity contribution in [2.45, 2.75) is 26.2 Å². The second-order valence-corrected chi connectivity index (χ2v) is 6.88. The molecule has 1 aliphatic heterocycles. The number of aromatic nitrogens is 2. The minimum absolute atomic E-state index is 0.101. The summed E-state index contributed by atoms with van der Waals surface area (Å²) in [4.78, 5) is 26.4. The number of pyridine rings is 1. The van der Waals surface area contributed by atoms with Crippen LogP contribution in [0.4, 0.5) is 5.82 Å². The molecule has 1 fully saturated rings. The van der Waals surface area contributed by atoms with E-state index in [-0.39, 0.29) is 5.91 Å². The lowest BCUT2D eigenvalue weighted by Crippen LogP contribution is -2.28.